The molecule has 0 atom stereocenters. The van der Waals surface area contributed by atoms with E-state index < -0.39 is 0 Å². The highest BCUT2D eigenvalue weighted by Gasteiger charge is 2.29. The van der Waals surface area contributed by atoms with E-state index in [4.69, 9.17) is 0 Å². The van der Waals surface area contributed by atoms with Gasteiger partial charge in [-0.2, -0.15) is 0 Å². The molecule has 2 rings (SSSR count). The second-order valence-electron chi connectivity index (χ2n) is 3.95. The van der Waals surface area contributed by atoms with Crippen LogP contribution in [0, 0.1) is 0 Å². The molecule has 1 N–H and O–H groups in total. The van der Waals surface area contributed by atoms with E-state index >= 15 is 0 Å². The summed E-state index contributed by atoms with van der Waals surface area (Å²) in [6.07, 6.45) is 2.57. The van der Waals surface area contributed by atoms with Crippen LogP contribution in [0.5, 0.6) is 0 Å². The Labute approximate surface area is 99.0 Å². The minimum atomic E-state index is 0.117. The molecule has 15 heavy (non-hydrogen) atoms. The molecule has 1 aliphatic rings. The zero-order chi connectivity index (χ0) is 10.8. The molecule has 0 amide bonds. The first-order valence-corrected chi connectivity index (χ1v) is 6.21. The average molecular weight is 270 g/mol. The van der Waals surface area contributed by atoms with Gasteiger partial charge < -0.3 is 10.0 Å². The van der Waals surface area contributed by atoms with Crippen molar-refractivity contribution >= 4 is 21.6 Å². The molecule has 1 saturated carbocycles. The third-order valence-corrected chi connectivity index (χ3v) is 3.35. The fourth-order valence-corrected chi connectivity index (χ4v) is 2.30. The predicted molar refractivity (Wildman–Crippen MR) is 66.1 cm³/mol. The van der Waals surface area contributed by atoms with Crippen molar-refractivity contribution in [2.45, 2.75) is 32.4 Å². The first-order valence-electron chi connectivity index (χ1n) is 5.42. The van der Waals surface area contributed by atoms with E-state index in [9.17, 15) is 5.11 Å². The van der Waals surface area contributed by atoms with E-state index in [1.54, 1.807) is 0 Å². The molecular weight excluding hydrogens is 254 g/mol. The minimum Gasteiger partial charge on any atom is -0.392 e. The van der Waals surface area contributed by atoms with Gasteiger partial charge in [0, 0.05) is 28.3 Å². The van der Waals surface area contributed by atoms with Crippen molar-refractivity contribution in [2.75, 3.05) is 11.4 Å². The molecule has 0 unspecified atom stereocenters. The summed E-state index contributed by atoms with van der Waals surface area (Å²) in [5, 5.41) is 9.31. The van der Waals surface area contributed by atoms with E-state index in [-0.39, 0.29) is 6.61 Å². The molecule has 0 aromatic heterocycles. The SMILES string of the molecule is CCN(c1cc(Br)ccc1CO)C1CC1. The van der Waals surface area contributed by atoms with Gasteiger partial charge in [-0.25, -0.2) is 0 Å². The van der Waals surface area contributed by atoms with Crippen LogP contribution in [-0.4, -0.2) is 17.7 Å². The lowest BCUT2D eigenvalue weighted by molar-refractivity contribution is 0.282. The Balaban J connectivity index is 2.34. The largest absolute Gasteiger partial charge is 0.392 e. The Morgan fingerprint density at radius 3 is 2.73 bits per heavy atom. The molecule has 3 heteroatoms. The van der Waals surface area contributed by atoms with Gasteiger partial charge in [0.1, 0.15) is 0 Å². The van der Waals surface area contributed by atoms with Crippen LogP contribution >= 0.6 is 15.9 Å². The number of anilines is 1. The van der Waals surface area contributed by atoms with Crippen molar-refractivity contribution in [3.63, 3.8) is 0 Å². The van der Waals surface area contributed by atoms with Crippen LogP contribution in [0.25, 0.3) is 0 Å². The summed E-state index contributed by atoms with van der Waals surface area (Å²) in [5.41, 5.74) is 2.20. The van der Waals surface area contributed by atoms with Crippen LogP contribution in [-0.2, 0) is 6.61 Å². The molecule has 1 aliphatic carbocycles. The van der Waals surface area contributed by atoms with Crippen LogP contribution in [0.15, 0.2) is 22.7 Å². The Hall–Kier alpha value is -0.540. The van der Waals surface area contributed by atoms with Crippen molar-refractivity contribution in [3.05, 3.63) is 28.2 Å². The monoisotopic (exact) mass is 269 g/mol. The van der Waals surface area contributed by atoms with Crippen molar-refractivity contribution in [1.82, 2.24) is 0 Å². The van der Waals surface area contributed by atoms with E-state index in [0.717, 1.165) is 16.6 Å². The number of halogens is 1. The Morgan fingerprint density at radius 1 is 1.47 bits per heavy atom. The maximum Gasteiger partial charge on any atom is 0.0702 e. The molecule has 82 valence electrons. The van der Waals surface area contributed by atoms with Crippen LogP contribution in [0.3, 0.4) is 0 Å². The van der Waals surface area contributed by atoms with E-state index in [2.05, 4.69) is 33.8 Å². The number of aliphatic hydroxyl groups is 1. The molecule has 0 aliphatic heterocycles. The van der Waals surface area contributed by atoms with Crippen LogP contribution in [0.2, 0.25) is 0 Å². The van der Waals surface area contributed by atoms with Gasteiger partial charge in [-0.3, -0.25) is 0 Å². The molecule has 1 aromatic carbocycles. The van der Waals surface area contributed by atoms with Gasteiger partial charge in [0.25, 0.3) is 0 Å². The van der Waals surface area contributed by atoms with E-state index in [1.807, 2.05) is 12.1 Å². The molecule has 0 bridgehead atoms. The Bertz CT molecular complexity index is 349. The highest BCUT2D eigenvalue weighted by atomic mass is 79.9. The average Bonchev–Trinajstić information content (AvgIpc) is 3.04. The van der Waals surface area contributed by atoms with Crippen LogP contribution < -0.4 is 4.90 Å². The zero-order valence-electron chi connectivity index (χ0n) is 8.91. The zero-order valence-corrected chi connectivity index (χ0v) is 10.5. The fourth-order valence-electron chi connectivity index (χ4n) is 1.95. The van der Waals surface area contributed by atoms with Gasteiger partial charge in [-0.15, -0.1) is 0 Å². The quantitative estimate of drug-likeness (QED) is 0.909. The van der Waals surface area contributed by atoms with Gasteiger partial charge in [-0.1, -0.05) is 22.0 Å². The Kier molecular flexibility index (Phi) is 3.32. The summed E-state index contributed by atoms with van der Waals surface area (Å²) in [5.74, 6) is 0. The first-order chi connectivity index (χ1) is 7.26. The lowest BCUT2D eigenvalue weighted by Gasteiger charge is -2.25. The summed E-state index contributed by atoms with van der Waals surface area (Å²) in [4.78, 5) is 2.39. The Morgan fingerprint density at radius 2 is 2.20 bits per heavy atom. The highest BCUT2D eigenvalue weighted by molar-refractivity contribution is 9.10. The predicted octanol–water partition coefficient (Wildman–Crippen LogP) is 2.93. The van der Waals surface area contributed by atoms with Crippen molar-refractivity contribution < 1.29 is 5.11 Å². The maximum atomic E-state index is 9.31. The van der Waals surface area contributed by atoms with Crippen molar-refractivity contribution in [3.8, 4) is 0 Å². The molecule has 0 radical (unpaired) electrons. The lowest BCUT2D eigenvalue weighted by atomic mass is 10.1. The molecular formula is C12H16BrNO. The third-order valence-electron chi connectivity index (χ3n) is 2.86. The lowest BCUT2D eigenvalue weighted by Crippen LogP contribution is -2.26. The topological polar surface area (TPSA) is 23.5 Å². The molecule has 0 spiro atoms. The molecule has 1 aromatic rings. The van der Waals surface area contributed by atoms with Gasteiger partial charge >= 0.3 is 0 Å². The summed E-state index contributed by atoms with van der Waals surface area (Å²) in [6, 6.07) is 6.77. The summed E-state index contributed by atoms with van der Waals surface area (Å²) < 4.78 is 1.08. The van der Waals surface area contributed by atoms with Crippen LogP contribution in [0.4, 0.5) is 5.69 Å². The second-order valence-corrected chi connectivity index (χ2v) is 4.86. The van der Waals surface area contributed by atoms with Crippen LogP contribution in [0.1, 0.15) is 25.3 Å². The molecule has 0 saturated heterocycles. The highest BCUT2D eigenvalue weighted by Crippen LogP contribution is 2.34. The number of rotatable bonds is 4. The molecule has 0 heterocycles. The second kappa shape index (κ2) is 4.54. The van der Waals surface area contributed by atoms with Gasteiger partial charge in [-0.05, 0) is 31.9 Å². The summed E-state index contributed by atoms with van der Waals surface area (Å²) in [6.45, 7) is 3.29. The van der Waals surface area contributed by atoms with Gasteiger partial charge in [0.15, 0.2) is 0 Å². The number of nitrogens with zero attached hydrogens (tertiary/aromatic N) is 1. The molecule has 1 fully saturated rings. The maximum absolute atomic E-state index is 9.31. The van der Waals surface area contributed by atoms with E-state index in [0.29, 0.717) is 6.04 Å². The minimum absolute atomic E-state index is 0.117. The molecule has 2 nitrogen and oxygen atoms in total. The van der Waals surface area contributed by atoms with Gasteiger partial charge in [0.2, 0.25) is 0 Å². The van der Waals surface area contributed by atoms with Crippen molar-refractivity contribution in [2.24, 2.45) is 0 Å². The van der Waals surface area contributed by atoms with Crippen molar-refractivity contribution in [1.29, 1.82) is 0 Å². The smallest absolute Gasteiger partial charge is 0.0702 e. The standard InChI is InChI=1S/C12H16BrNO/c1-2-14(11-5-6-11)12-7-10(13)4-3-9(12)8-15/h3-4,7,11,15H,2,5-6,8H2,1H3. The fraction of sp³-hybridized carbons (Fsp3) is 0.500. The third kappa shape index (κ3) is 2.34. The summed E-state index contributed by atoms with van der Waals surface area (Å²) >= 11 is 3.48. The summed E-state index contributed by atoms with van der Waals surface area (Å²) in [7, 11) is 0. The van der Waals surface area contributed by atoms with Gasteiger partial charge in [0.05, 0.1) is 6.61 Å². The number of hydrogen-bond acceptors (Lipinski definition) is 2. The number of benzene rings is 1. The van der Waals surface area contributed by atoms with E-state index in [1.165, 1.54) is 18.5 Å². The first kappa shape index (κ1) is 11.0. The number of aliphatic hydroxyl groups excluding tert-OH is 1. The normalized spacial score (nSPS) is 15.4. The number of hydrogen-bond donors (Lipinski definition) is 1.